The molecule has 1 fully saturated rings. The van der Waals surface area contributed by atoms with Crippen LogP contribution in [0, 0.1) is 0 Å². The molecule has 0 bridgehead atoms. The van der Waals surface area contributed by atoms with Crippen molar-refractivity contribution in [2.24, 2.45) is 0 Å². The van der Waals surface area contributed by atoms with E-state index in [1.165, 1.54) is 9.87 Å². The van der Waals surface area contributed by atoms with Gasteiger partial charge in [0.15, 0.2) is 0 Å². The highest BCUT2D eigenvalue weighted by molar-refractivity contribution is 9.10. The molecule has 28 heavy (non-hydrogen) atoms. The highest BCUT2D eigenvalue weighted by atomic mass is 79.9. The number of hydrogen-bond donors (Lipinski definition) is 1. The third-order valence-electron chi connectivity index (χ3n) is 4.75. The van der Waals surface area contributed by atoms with Crippen molar-refractivity contribution in [1.29, 1.82) is 0 Å². The zero-order valence-electron chi connectivity index (χ0n) is 15.8. The minimum Gasteiger partial charge on any atom is -0.325 e. The standard InChI is InChI=1S/C20H24BrN3O3S/c1-2-16-5-3-7-18(13-16)22-20(25)15-23-9-11-24(12-10-23)28(26,27)19-8-4-6-17(21)14-19/h3-8,13-14H,2,9-12,15H2,1H3,(H,22,25). The zero-order valence-corrected chi connectivity index (χ0v) is 18.2. The van der Waals surface area contributed by atoms with Gasteiger partial charge in [0.25, 0.3) is 0 Å². The summed E-state index contributed by atoms with van der Waals surface area (Å²) in [5.41, 5.74) is 1.96. The predicted molar refractivity (Wildman–Crippen MR) is 114 cm³/mol. The van der Waals surface area contributed by atoms with E-state index in [4.69, 9.17) is 0 Å². The van der Waals surface area contributed by atoms with E-state index in [1.54, 1.807) is 24.3 Å². The van der Waals surface area contributed by atoms with Gasteiger partial charge in [0.1, 0.15) is 0 Å². The van der Waals surface area contributed by atoms with Crippen LogP contribution in [-0.4, -0.2) is 56.3 Å². The van der Waals surface area contributed by atoms with Gasteiger partial charge in [0.05, 0.1) is 11.4 Å². The fraction of sp³-hybridized carbons (Fsp3) is 0.350. The van der Waals surface area contributed by atoms with Crippen LogP contribution in [0.3, 0.4) is 0 Å². The molecule has 0 saturated carbocycles. The molecule has 150 valence electrons. The molecule has 6 nitrogen and oxygen atoms in total. The van der Waals surface area contributed by atoms with Gasteiger partial charge in [-0.1, -0.05) is 41.1 Å². The fourth-order valence-corrected chi connectivity index (χ4v) is 5.20. The quantitative estimate of drug-likeness (QED) is 0.711. The maximum absolute atomic E-state index is 12.8. The number of sulfonamides is 1. The lowest BCUT2D eigenvalue weighted by Gasteiger charge is -2.33. The number of nitrogens with zero attached hydrogens (tertiary/aromatic N) is 2. The molecular formula is C20H24BrN3O3S. The summed E-state index contributed by atoms with van der Waals surface area (Å²) in [6, 6.07) is 14.5. The van der Waals surface area contributed by atoms with Gasteiger partial charge in [-0.2, -0.15) is 4.31 Å². The number of piperazine rings is 1. The Hall–Kier alpha value is -1.74. The van der Waals surface area contributed by atoms with E-state index in [9.17, 15) is 13.2 Å². The van der Waals surface area contributed by atoms with Crippen LogP contribution < -0.4 is 5.32 Å². The van der Waals surface area contributed by atoms with Crippen LogP contribution in [0.25, 0.3) is 0 Å². The van der Waals surface area contributed by atoms with E-state index in [2.05, 4.69) is 28.2 Å². The number of carbonyl (C=O) groups excluding carboxylic acids is 1. The van der Waals surface area contributed by atoms with E-state index < -0.39 is 10.0 Å². The lowest BCUT2D eigenvalue weighted by molar-refractivity contribution is -0.117. The lowest BCUT2D eigenvalue weighted by atomic mass is 10.1. The predicted octanol–water partition coefficient (Wildman–Crippen LogP) is 2.96. The Morgan fingerprint density at radius 3 is 2.46 bits per heavy atom. The second kappa shape index (κ2) is 9.17. The molecule has 0 atom stereocenters. The number of anilines is 1. The van der Waals surface area contributed by atoms with Crippen LogP contribution in [0.5, 0.6) is 0 Å². The minimum absolute atomic E-state index is 0.0865. The molecule has 1 aliphatic heterocycles. The van der Waals surface area contributed by atoms with Crippen molar-refractivity contribution in [3.63, 3.8) is 0 Å². The van der Waals surface area contributed by atoms with Gasteiger partial charge in [-0.3, -0.25) is 9.69 Å². The van der Waals surface area contributed by atoms with Crippen molar-refractivity contribution < 1.29 is 13.2 Å². The average molecular weight is 466 g/mol. The maximum Gasteiger partial charge on any atom is 0.243 e. The second-order valence-corrected chi connectivity index (χ2v) is 9.59. The molecule has 0 unspecified atom stereocenters. The molecule has 1 amide bonds. The minimum atomic E-state index is -3.52. The molecular weight excluding hydrogens is 442 g/mol. The first kappa shape index (κ1) is 21.0. The normalized spacial score (nSPS) is 16.1. The van der Waals surface area contributed by atoms with Gasteiger partial charge in [-0.15, -0.1) is 0 Å². The van der Waals surface area contributed by atoms with Crippen LogP contribution in [-0.2, 0) is 21.2 Å². The molecule has 0 aromatic heterocycles. The number of carbonyl (C=O) groups is 1. The van der Waals surface area contributed by atoms with Crippen LogP contribution >= 0.6 is 15.9 Å². The lowest BCUT2D eigenvalue weighted by Crippen LogP contribution is -2.50. The van der Waals surface area contributed by atoms with E-state index in [0.717, 1.165) is 16.6 Å². The highest BCUT2D eigenvalue weighted by Gasteiger charge is 2.29. The Morgan fingerprint density at radius 1 is 1.07 bits per heavy atom. The first-order valence-electron chi connectivity index (χ1n) is 9.25. The second-order valence-electron chi connectivity index (χ2n) is 6.74. The van der Waals surface area contributed by atoms with Crippen molar-refractivity contribution in [3.05, 3.63) is 58.6 Å². The highest BCUT2D eigenvalue weighted by Crippen LogP contribution is 2.21. The first-order valence-corrected chi connectivity index (χ1v) is 11.5. The number of nitrogens with one attached hydrogen (secondary N) is 1. The third-order valence-corrected chi connectivity index (χ3v) is 7.14. The Kier molecular flexibility index (Phi) is 6.87. The van der Waals surface area contributed by atoms with Crippen LogP contribution in [0.2, 0.25) is 0 Å². The van der Waals surface area contributed by atoms with E-state index in [0.29, 0.717) is 26.2 Å². The monoisotopic (exact) mass is 465 g/mol. The molecule has 0 aliphatic carbocycles. The molecule has 0 spiro atoms. The van der Waals surface area contributed by atoms with E-state index in [1.807, 2.05) is 29.2 Å². The number of halogens is 1. The zero-order chi connectivity index (χ0) is 20.1. The third kappa shape index (κ3) is 5.20. The van der Waals surface area contributed by atoms with Crippen molar-refractivity contribution in [2.45, 2.75) is 18.2 Å². The Bertz CT molecular complexity index is 941. The van der Waals surface area contributed by atoms with Crippen molar-refractivity contribution in [1.82, 2.24) is 9.21 Å². The van der Waals surface area contributed by atoms with Gasteiger partial charge >= 0.3 is 0 Å². The Morgan fingerprint density at radius 2 is 1.79 bits per heavy atom. The summed E-state index contributed by atoms with van der Waals surface area (Å²) >= 11 is 3.32. The van der Waals surface area contributed by atoms with Crippen molar-refractivity contribution in [2.75, 3.05) is 38.0 Å². The molecule has 2 aromatic rings. The van der Waals surface area contributed by atoms with Gasteiger partial charge < -0.3 is 5.32 Å². The van der Waals surface area contributed by atoms with Crippen LogP contribution in [0.15, 0.2) is 57.9 Å². The van der Waals surface area contributed by atoms with Crippen molar-refractivity contribution in [3.8, 4) is 0 Å². The molecule has 0 radical (unpaired) electrons. The van der Waals surface area contributed by atoms with Gasteiger partial charge in [0.2, 0.25) is 15.9 Å². The maximum atomic E-state index is 12.8. The summed E-state index contributed by atoms with van der Waals surface area (Å²) in [5.74, 6) is -0.0865. The number of benzene rings is 2. The fourth-order valence-electron chi connectivity index (χ4n) is 3.18. The molecule has 1 saturated heterocycles. The molecule has 1 heterocycles. The Balaban J connectivity index is 1.54. The van der Waals surface area contributed by atoms with Crippen LogP contribution in [0.1, 0.15) is 12.5 Å². The molecule has 1 aliphatic rings. The largest absolute Gasteiger partial charge is 0.325 e. The van der Waals surface area contributed by atoms with E-state index >= 15 is 0 Å². The number of hydrogen-bond acceptors (Lipinski definition) is 4. The molecule has 1 N–H and O–H groups in total. The molecule has 3 rings (SSSR count). The summed E-state index contributed by atoms with van der Waals surface area (Å²) in [6.45, 7) is 4.11. The summed E-state index contributed by atoms with van der Waals surface area (Å²) in [5, 5.41) is 2.92. The topological polar surface area (TPSA) is 69.7 Å². The number of rotatable bonds is 6. The molecule has 8 heteroatoms. The smallest absolute Gasteiger partial charge is 0.243 e. The van der Waals surface area contributed by atoms with Crippen molar-refractivity contribution >= 4 is 37.5 Å². The number of amides is 1. The first-order chi connectivity index (χ1) is 13.4. The SMILES string of the molecule is CCc1cccc(NC(=O)CN2CCN(S(=O)(=O)c3cccc(Br)c3)CC2)c1. The summed E-state index contributed by atoms with van der Waals surface area (Å²) < 4.78 is 27.8. The van der Waals surface area contributed by atoms with Gasteiger partial charge in [-0.25, -0.2) is 8.42 Å². The molecule has 2 aromatic carbocycles. The summed E-state index contributed by atoms with van der Waals surface area (Å²) in [6.07, 6.45) is 0.915. The summed E-state index contributed by atoms with van der Waals surface area (Å²) in [7, 11) is -3.52. The van der Waals surface area contributed by atoms with E-state index in [-0.39, 0.29) is 17.3 Å². The summed E-state index contributed by atoms with van der Waals surface area (Å²) in [4.78, 5) is 14.6. The van der Waals surface area contributed by atoms with Gasteiger partial charge in [0, 0.05) is 36.3 Å². The average Bonchev–Trinajstić information content (AvgIpc) is 2.68. The Labute approximate surface area is 174 Å². The number of aryl methyl sites for hydroxylation is 1. The van der Waals surface area contributed by atoms with Gasteiger partial charge in [-0.05, 0) is 42.3 Å². The van der Waals surface area contributed by atoms with Crippen LogP contribution in [0.4, 0.5) is 5.69 Å².